The Labute approximate surface area is 158 Å². The number of hydrogen-bond acceptors (Lipinski definition) is 3. The van der Waals surface area contributed by atoms with Gasteiger partial charge in [0.1, 0.15) is 0 Å². The molecule has 5 heteroatoms. The standard InChI is InChI=1S/C14H23O3Si.C5H5.Fe/c1-5-15-18(16-6-2,17-7-3)13(4)12-14-10-8-9-11-14;1-2-4-5-3-1;/h8-12H,5-7H2,1-4H3;1-5H;/q2*-1;+2/b13-12+;;. The zero-order valence-corrected chi connectivity index (χ0v) is 17.1. The van der Waals surface area contributed by atoms with Crippen molar-refractivity contribution in [3.05, 3.63) is 65.4 Å². The van der Waals surface area contributed by atoms with Crippen molar-refractivity contribution < 1.29 is 30.3 Å². The van der Waals surface area contributed by atoms with Crippen molar-refractivity contribution in [3.8, 4) is 0 Å². The molecule has 0 aliphatic rings. The number of hydrogen-bond donors (Lipinski definition) is 0. The molecule has 2 rings (SSSR count). The molecule has 0 radical (unpaired) electrons. The summed E-state index contributed by atoms with van der Waals surface area (Å²) < 4.78 is 17.5. The Morgan fingerprint density at radius 1 is 0.917 bits per heavy atom. The van der Waals surface area contributed by atoms with Crippen LogP contribution in [0.1, 0.15) is 33.3 Å². The molecule has 0 spiro atoms. The molecule has 3 nitrogen and oxygen atoms in total. The maximum atomic E-state index is 5.85. The van der Waals surface area contributed by atoms with E-state index >= 15 is 0 Å². The third-order valence-corrected chi connectivity index (χ3v) is 6.23. The largest absolute Gasteiger partial charge is 2.00 e. The third kappa shape index (κ3) is 7.75. The first-order valence-electron chi connectivity index (χ1n) is 8.17. The molecule has 0 aromatic heterocycles. The third-order valence-electron chi connectivity index (χ3n) is 3.11. The number of rotatable bonds is 8. The van der Waals surface area contributed by atoms with Crippen molar-refractivity contribution in [3.63, 3.8) is 0 Å². The first-order chi connectivity index (χ1) is 11.2. The monoisotopic (exact) mass is 388 g/mol. The SMILES string of the molecule is CCO[Si](OCC)(OCC)/C(C)=C/[c-]1cccc1.[Fe+2].c1cc[cH-]c1. The van der Waals surface area contributed by atoms with Crippen molar-refractivity contribution in [2.24, 2.45) is 0 Å². The summed E-state index contributed by atoms with van der Waals surface area (Å²) in [6.45, 7) is 9.72. The Hall–Kier alpha value is -0.944. The molecule has 0 amide bonds. The maximum Gasteiger partial charge on any atom is 2.00 e. The van der Waals surface area contributed by atoms with Crippen LogP contribution in [0, 0.1) is 0 Å². The first kappa shape index (κ1) is 23.1. The van der Waals surface area contributed by atoms with Gasteiger partial charge in [0.2, 0.25) is 0 Å². The molecular formula is C19H28FeO3Si. The fourth-order valence-corrected chi connectivity index (χ4v) is 4.60. The molecule has 24 heavy (non-hydrogen) atoms. The Bertz CT molecular complexity index is 487. The minimum absolute atomic E-state index is 0. The number of allylic oxidation sites excluding steroid dienone is 1. The summed E-state index contributed by atoms with van der Waals surface area (Å²) in [5.74, 6) is 0. The van der Waals surface area contributed by atoms with Gasteiger partial charge in [-0.2, -0.15) is 30.3 Å². The van der Waals surface area contributed by atoms with E-state index in [1.807, 2.05) is 70.2 Å². The van der Waals surface area contributed by atoms with E-state index in [-0.39, 0.29) is 17.1 Å². The summed E-state index contributed by atoms with van der Waals surface area (Å²) in [6.07, 6.45) is 2.09. The van der Waals surface area contributed by atoms with E-state index in [0.717, 1.165) is 10.8 Å². The second-order valence-corrected chi connectivity index (χ2v) is 7.63. The molecule has 0 unspecified atom stereocenters. The minimum atomic E-state index is -2.69. The van der Waals surface area contributed by atoms with Gasteiger partial charge < -0.3 is 13.3 Å². The van der Waals surface area contributed by atoms with Crippen molar-refractivity contribution in [2.75, 3.05) is 19.8 Å². The average molecular weight is 388 g/mol. The zero-order chi connectivity index (χ0) is 17.0. The predicted molar refractivity (Wildman–Crippen MR) is 98.4 cm³/mol. The fourth-order valence-electron chi connectivity index (χ4n) is 2.18. The van der Waals surface area contributed by atoms with Gasteiger partial charge >= 0.3 is 25.9 Å². The van der Waals surface area contributed by atoms with E-state index in [0.29, 0.717) is 19.8 Å². The van der Waals surface area contributed by atoms with E-state index in [2.05, 4.69) is 18.2 Å². The predicted octanol–water partition coefficient (Wildman–Crippen LogP) is 4.80. The van der Waals surface area contributed by atoms with Crippen LogP contribution in [-0.4, -0.2) is 28.6 Å². The summed E-state index contributed by atoms with van der Waals surface area (Å²) in [6, 6.07) is 18.2. The van der Waals surface area contributed by atoms with Gasteiger partial charge in [0.05, 0.1) is 0 Å². The normalized spacial score (nSPS) is 11.4. The van der Waals surface area contributed by atoms with Crippen LogP contribution >= 0.6 is 0 Å². The van der Waals surface area contributed by atoms with Gasteiger partial charge in [0.25, 0.3) is 0 Å². The van der Waals surface area contributed by atoms with Gasteiger partial charge in [0.15, 0.2) is 0 Å². The van der Waals surface area contributed by atoms with Crippen LogP contribution in [0.4, 0.5) is 0 Å². The molecule has 0 saturated carbocycles. The minimum Gasteiger partial charge on any atom is -0.377 e. The average Bonchev–Trinajstić information content (AvgIpc) is 3.24. The molecular weight excluding hydrogens is 360 g/mol. The van der Waals surface area contributed by atoms with Crippen LogP contribution in [0.3, 0.4) is 0 Å². The molecule has 0 saturated heterocycles. The van der Waals surface area contributed by atoms with E-state index in [1.54, 1.807) is 0 Å². The smallest absolute Gasteiger partial charge is 0.377 e. The van der Waals surface area contributed by atoms with E-state index in [1.165, 1.54) is 0 Å². The summed E-state index contributed by atoms with van der Waals surface area (Å²) in [7, 11) is -2.69. The molecule has 134 valence electrons. The van der Waals surface area contributed by atoms with Crippen molar-refractivity contribution in [2.45, 2.75) is 27.7 Å². The quantitative estimate of drug-likeness (QED) is 0.480. The van der Waals surface area contributed by atoms with E-state index < -0.39 is 8.80 Å². The van der Waals surface area contributed by atoms with Gasteiger partial charge in [-0.1, -0.05) is 12.1 Å². The van der Waals surface area contributed by atoms with Gasteiger partial charge in [0, 0.05) is 19.8 Å². The van der Waals surface area contributed by atoms with Gasteiger partial charge in [-0.25, -0.2) is 12.1 Å². The molecule has 0 aliphatic carbocycles. The zero-order valence-electron chi connectivity index (χ0n) is 15.0. The molecule has 0 bridgehead atoms. The van der Waals surface area contributed by atoms with E-state index in [9.17, 15) is 0 Å². The van der Waals surface area contributed by atoms with Gasteiger partial charge in [-0.15, -0.1) is 23.8 Å². The van der Waals surface area contributed by atoms with Crippen LogP contribution in [-0.2, 0) is 30.3 Å². The summed E-state index contributed by atoms with van der Waals surface area (Å²) >= 11 is 0. The topological polar surface area (TPSA) is 27.7 Å². The van der Waals surface area contributed by atoms with Gasteiger partial charge in [-0.05, 0) is 20.8 Å². The molecule has 0 aliphatic heterocycles. The Balaban J connectivity index is 0.000000751. The molecule has 0 N–H and O–H groups in total. The van der Waals surface area contributed by atoms with Crippen LogP contribution in [0.15, 0.2) is 59.8 Å². The molecule has 0 atom stereocenters. The molecule has 2 aromatic rings. The molecule has 0 fully saturated rings. The maximum absolute atomic E-state index is 5.85. The summed E-state index contributed by atoms with van der Waals surface area (Å²) in [4.78, 5) is 0. The van der Waals surface area contributed by atoms with Crippen LogP contribution in [0.2, 0.25) is 0 Å². The summed E-state index contributed by atoms with van der Waals surface area (Å²) in [5.41, 5.74) is 1.16. The van der Waals surface area contributed by atoms with Crippen molar-refractivity contribution in [1.82, 2.24) is 0 Å². The van der Waals surface area contributed by atoms with Crippen molar-refractivity contribution >= 4 is 14.9 Å². The van der Waals surface area contributed by atoms with Crippen LogP contribution in [0.25, 0.3) is 6.08 Å². The second kappa shape index (κ2) is 13.4. The molecule has 2 aromatic carbocycles. The Morgan fingerprint density at radius 2 is 1.38 bits per heavy atom. The van der Waals surface area contributed by atoms with Crippen LogP contribution in [0.5, 0.6) is 0 Å². The van der Waals surface area contributed by atoms with E-state index in [4.69, 9.17) is 13.3 Å². The second-order valence-electron chi connectivity index (χ2n) is 4.86. The Kier molecular flexibility index (Phi) is 12.8. The van der Waals surface area contributed by atoms with Crippen LogP contribution < -0.4 is 0 Å². The fraction of sp³-hybridized carbons (Fsp3) is 0.368. The Morgan fingerprint density at radius 3 is 1.71 bits per heavy atom. The van der Waals surface area contributed by atoms with Gasteiger partial charge in [-0.3, -0.25) is 0 Å². The first-order valence-corrected chi connectivity index (χ1v) is 9.90. The molecule has 0 heterocycles. The summed E-state index contributed by atoms with van der Waals surface area (Å²) in [5, 5.41) is 1.05. The van der Waals surface area contributed by atoms with Crippen molar-refractivity contribution in [1.29, 1.82) is 0 Å².